The molecule has 0 aliphatic heterocycles. The van der Waals surface area contributed by atoms with Crippen molar-refractivity contribution in [3.63, 3.8) is 0 Å². The van der Waals surface area contributed by atoms with Crippen molar-refractivity contribution < 1.29 is 9.53 Å². The predicted octanol–water partition coefficient (Wildman–Crippen LogP) is 3.30. The fourth-order valence-corrected chi connectivity index (χ4v) is 2.51. The molecule has 0 N–H and O–H groups in total. The van der Waals surface area contributed by atoms with Crippen LogP contribution in [0, 0.1) is 0 Å². The first kappa shape index (κ1) is 14.8. The van der Waals surface area contributed by atoms with Gasteiger partial charge in [-0.3, -0.25) is 4.48 Å². The van der Waals surface area contributed by atoms with E-state index in [1.54, 1.807) is 0 Å². The van der Waals surface area contributed by atoms with Crippen LogP contribution < -0.4 is 4.48 Å². The molecule has 0 spiro atoms. The second-order valence-corrected chi connectivity index (χ2v) is 5.83. The third-order valence-corrected chi connectivity index (χ3v) is 3.91. The zero-order chi connectivity index (χ0) is 14.6. The molecule has 0 bridgehead atoms. The van der Waals surface area contributed by atoms with E-state index < -0.39 is 0 Å². The average molecular weight is 274 g/mol. The minimum Gasteiger partial charge on any atom is -0.462 e. The van der Waals surface area contributed by atoms with E-state index in [1.165, 1.54) is 17.7 Å². The van der Waals surface area contributed by atoms with Gasteiger partial charge < -0.3 is 4.74 Å². The number of likely N-dealkylation sites (N-methyl/N-ethyl adjacent to an activating group) is 1. The fourth-order valence-electron chi connectivity index (χ4n) is 2.51. The molecule has 0 heterocycles. The summed E-state index contributed by atoms with van der Waals surface area (Å²) < 4.78 is 5.90. The van der Waals surface area contributed by atoms with Gasteiger partial charge in [-0.25, -0.2) is 4.79 Å². The summed E-state index contributed by atoms with van der Waals surface area (Å²) in [5.41, 5.74) is 3.37. The number of allylic oxidation sites excluding steroid dienone is 1. The van der Waals surface area contributed by atoms with Crippen LogP contribution in [0.15, 0.2) is 41.5 Å². The summed E-state index contributed by atoms with van der Waals surface area (Å²) in [6, 6.07) is 10.3. The van der Waals surface area contributed by atoms with Crippen molar-refractivity contribution in [2.75, 3.05) is 27.2 Å². The Bertz CT molecular complexity index is 497. The second kappa shape index (κ2) is 6.23. The summed E-state index contributed by atoms with van der Waals surface area (Å²) >= 11 is 0. The SMILES string of the molecule is CCOC(=O)C(C[N+](C)(C)c1ccccc1)=C1CCC1. The van der Waals surface area contributed by atoms with Gasteiger partial charge in [0.1, 0.15) is 12.2 Å². The highest BCUT2D eigenvalue weighted by atomic mass is 16.5. The van der Waals surface area contributed by atoms with Gasteiger partial charge >= 0.3 is 5.97 Å². The van der Waals surface area contributed by atoms with Gasteiger partial charge in [0.15, 0.2) is 0 Å². The van der Waals surface area contributed by atoms with Crippen molar-refractivity contribution in [1.82, 2.24) is 4.48 Å². The second-order valence-electron chi connectivity index (χ2n) is 5.83. The molecule has 3 nitrogen and oxygen atoms in total. The lowest BCUT2D eigenvalue weighted by atomic mass is 9.87. The Balaban J connectivity index is 2.22. The molecule has 0 atom stereocenters. The number of carbonyl (C=O) groups is 1. The fraction of sp³-hybridized carbons (Fsp3) is 0.471. The Labute approximate surface area is 121 Å². The molecule has 20 heavy (non-hydrogen) atoms. The quantitative estimate of drug-likeness (QED) is 0.468. The molecule has 1 saturated carbocycles. The summed E-state index contributed by atoms with van der Waals surface area (Å²) in [4.78, 5) is 12.2. The standard InChI is InChI=1S/C17H24NO2/c1-4-20-17(19)16(14-9-8-10-14)13-18(2,3)15-11-6-5-7-12-15/h5-7,11-12H,4,8-10,13H2,1-3H3/q+1. The van der Waals surface area contributed by atoms with E-state index in [1.807, 2.05) is 25.1 Å². The number of ether oxygens (including phenoxy) is 1. The number of esters is 1. The highest BCUT2D eigenvalue weighted by Gasteiger charge is 2.29. The Morgan fingerprint density at radius 1 is 1.20 bits per heavy atom. The van der Waals surface area contributed by atoms with Gasteiger partial charge in [0.2, 0.25) is 0 Å². The largest absolute Gasteiger partial charge is 0.462 e. The van der Waals surface area contributed by atoms with Crippen LogP contribution in [0.2, 0.25) is 0 Å². The van der Waals surface area contributed by atoms with Crippen LogP contribution in [0.4, 0.5) is 5.69 Å². The molecular weight excluding hydrogens is 250 g/mol. The lowest BCUT2D eigenvalue weighted by Crippen LogP contribution is -2.44. The maximum Gasteiger partial charge on any atom is 0.339 e. The van der Waals surface area contributed by atoms with E-state index in [9.17, 15) is 4.79 Å². The van der Waals surface area contributed by atoms with Crippen LogP contribution in [-0.2, 0) is 9.53 Å². The van der Waals surface area contributed by atoms with Crippen molar-refractivity contribution in [3.8, 4) is 0 Å². The molecule has 0 aromatic heterocycles. The first-order valence-corrected chi connectivity index (χ1v) is 7.31. The molecule has 1 aromatic rings. The number of nitrogens with zero attached hydrogens (tertiary/aromatic N) is 1. The predicted molar refractivity (Wildman–Crippen MR) is 82.5 cm³/mol. The summed E-state index contributed by atoms with van der Waals surface area (Å²) in [5, 5.41) is 0. The van der Waals surface area contributed by atoms with E-state index in [4.69, 9.17) is 4.74 Å². The van der Waals surface area contributed by atoms with Crippen molar-refractivity contribution in [1.29, 1.82) is 0 Å². The number of quaternary nitrogens is 1. The molecule has 2 rings (SSSR count). The summed E-state index contributed by atoms with van der Waals surface area (Å²) in [6.07, 6.45) is 3.28. The van der Waals surface area contributed by atoms with Crippen LogP contribution >= 0.6 is 0 Å². The zero-order valence-electron chi connectivity index (χ0n) is 12.7. The van der Waals surface area contributed by atoms with E-state index >= 15 is 0 Å². The summed E-state index contributed by atoms with van der Waals surface area (Å²) in [5.74, 6) is -0.135. The Kier molecular flexibility index (Phi) is 4.61. The zero-order valence-corrected chi connectivity index (χ0v) is 12.7. The Hall–Kier alpha value is -1.61. The van der Waals surface area contributed by atoms with Crippen LogP contribution in [-0.4, -0.2) is 33.2 Å². The topological polar surface area (TPSA) is 26.3 Å². The monoisotopic (exact) mass is 274 g/mol. The lowest BCUT2D eigenvalue weighted by Gasteiger charge is -2.32. The molecule has 1 aliphatic carbocycles. The van der Waals surface area contributed by atoms with Crippen molar-refractivity contribution in [2.24, 2.45) is 0 Å². The number of para-hydroxylation sites is 1. The van der Waals surface area contributed by atoms with Gasteiger partial charge in [-0.15, -0.1) is 0 Å². The van der Waals surface area contributed by atoms with Crippen molar-refractivity contribution >= 4 is 11.7 Å². The molecule has 1 aliphatic rings. The number of benzene rings is 1. The van der Waals surface area contributed by atoms with E-state index in [-0.39, 0.29) is 5.97 Å². The van der Waals surface area contributed by atoms with Crippen molar-refractivity contribution in [2.45, 2.75) is 26.2 Å². The van der Waals surface area contributed by atoms with Crippen LogP contribution in [0.1, 0.15) is 26.2 Å². The van der Waals surface area contributed by atoms with Gasteiger partial charge in [-0.05, 0) is 38.3 Å². The highest BCUT2D eigenvalue weighted by molar-refractivity contribution is 5.90. The number of hydrogen-bond acceptors (Lipinski definition) is 2. The minimum absolute atomic E-state index is 0.135. The molecule has 0 amide bonds. The van der Waals surface area contributed by atoms with Gasteiger partial charge in [0.05, 0.1) is 26.3 Å². The molecule has 0 saturated heterocycles. The van der Waals surface area contributed by atoms with Crippen LogP contribution in [0.3, 0.4) is 0 Å². The molecule has 0 unspecified atom stereocenters. The normalized spacial score (nSPS) is 14.7. The van der Waals surface area contributed by atoms with Gasteiger partial charge in [-0.1, -0.05) is 23.8 Å². The van der Waals surface area contributed by atoms with Crippen molar-refractivity contribution in [3.05, 3.63) is 41.5 Å². The molecular formula is C17H24NO2+. The van der Waals surface area contributed by atoms with Crippen LogP contribution in [0.5, 0.6) is 0 Å². The third-order valence-electron chi connectivity index (χ3n) is 3.91. The molecule has 108 valence electrons. The van der Waals surface area contributed by atoms with E-state index in [2.05, 4.69) is 26.2 Å². The number of carbonyl (C=O) groups excluding carboxylic acids is 1. The van der Waals surface area contributed by atoms with E-state index in [0.29, 0.717) is 17.6 Å². The number of rotatable bonds is 5. The first-order valence-electron chi connectivity index (χ1n) is 7.31. The Morgan fingerprint density at radius 2 is 1.85 bits per heavy atom. The summed E-state index contributed by atoms with van der Waals surface area (Å²) in [6.45, 7) is 2.99. The smallest absolute Gasteiger partial charge is 0.339 e. The maximum absolute atomic E-state index is 12.2. The minimum atomic E-state index is -0.135. The number of hydrogen-bond donors (Lipinski definition) is 0. The molecule has 1 fully saturated rings. The highest BCUT2D eigenvalue weighted by Crippen LogP contribution is 2.31. The van der Waals surface area contributed by atoms with Crippen LogP contribution in [0.25, 0.3) is 0 Å². The molecule has 0 radical (unpaired) electrons. The third kappa shape index (κ3) is 3.28. The molecule has 3 heteroatoms. The van der Waals surface area contributed by atoms with Gasteiger partial charge in [-0.2, -0.15) is 0 Å². The maximum atomic E-state index is 12.2. The Morgan fingerprint density at radius 3 is 2.35 bits per heavy atom. The molecule has 1 aromatic carbocycles. The van der Waals surface area contributed by atoms with Gasteiger partial charge in [0.25, 0.3) is 0 Å². The first-order chi connectivity index (χ1) is 9.54. The lowest BCUT2D eigenvalue weighted by molar-refractivity contribution is -0.138. The average Bonchev–Trinajstić information content (AvgIpc) is 2.37. The summed E-state index contributed by atoms with van der Waals surface area (Å²) in [7, 11) is 4.27. The van der Waals surface area contributed by atoms with Gasteiger partial charge in [0, 0.05) is 0 Å². The van der Waals surface area contributed by atoms with E-state index in [0.717, 1.165) is 18.4 Å².